The predicted molar refractivity (Wildman–Crippen MR) is 160 cm³/mol. The van der Waals surface area contributed by atoms with Gasteiger partial charge in [0.2, 0.25) is 0 Å². The highest BCUT2D eigenvalue weighted by molar-refractivity contribution is 6.30. The SMILES string of the molecule is CC1=C[C@@]23CC[C@@H]4[C@H](C(C=C(COC(=O)c5ccccc5)C(O)C2(O)C1OC(=O)N(C)c1ccc(Cl)cc1)C3)C4(C)C. The summed E-state index contributed by atoms with van der Waals surface area (Å²) in [7, 11) is 1.59. The first kappa shape index (κ1) is 29.0. The second-order valence-corrected chi connectivity index (χ2v) is 13.6. The van der Waals surface area contributed by atoms with Gasteiger partial charge in [0.25, 0.3) is 0 Å². The lowest BCUT2D eigenvalue weighted by molar-refractivity contribution is -0.174. The molecule has 0 radical (unpaired) electrons. The normalized spacial score (nSPS) is 34.0. The number of ether oxygens (including phenoxy) is 2. The van der Waals surface area contributed by atoms with Crippen LogP contribution in [0.5, 0.6) is 0 Å². The maximum Gasteiger partial charge on any atom is 0.414 e. The Balaban J connectivity index is 1.33. The van der Waals surface area contributed by atoms with Crippen LogP contribution in [0.2, 0.25) is 5.02 Å². The van der Waals surface area contributed by atoms with Gasteiger partial charge in [-0.2, -0.15) is 0 Å². The lowest BCUT2D eigenvalue weighted by atomic mass is 9.64. The molecule has 2 fully saturated rings. The standard InChI is InChI=1S/C34H38ClNO6/c1-20-17-33-15-14-26-27(32(26,2)3)22(18-33)16-23(19-41-30(38)21-8-6-5-7-9-21)28(37)34(33,40)29(20)42-31(39)36(4)25-12-10-24(35)11-13-25/h5-13,16-17,22,26-29,37,40H,14-15,18-19H2,1-4H3/t22?,26-,27+,28?,29?,33-,34?/m1/s1. The molecule has 0 saturated heterocycles. The van der Waals surface area contributed by atoms with Crippen molar-refractivity contribution in [3.05, 3.63) is 88.5 Å². The number of carbonyl (C=O) groups is 2. The summed E-state index contributed by atoms with van der Waals surface area (Å²) in [5, 5.41) is 25.3. The fourth-order valence-corrected chi connectivity index (χ4v) is 8.40. The summed E-state index contributed by atoms with van der Waals surface area (Å²) in [5.41, 5.74) is -0.377. The van der Waals surface area contributed by atoms with Crippen molar-refractivity contribution in [1.82, 2.24) is 0 Å². The molecule has 7 atom stereocenters. The van der Waals surface area contributed by atoms with E-state index in [1.807, 2.05) is 25.1 Å². The predicted octanol–water partition coefficient (Wildman–Crippen LogP) is 6.19. The Kier molecular flexibility index (Phi) is 7.07. The summed E-state index contributed by atoms with van der Waals surface area (Å²) in [6.45, 7) is 6.23. The number of carbonyl (C=O) groups excluding carboxylic acids is 2. The first-order valence-corrected chi connectivity index (χ1v) is 15.0. The van der Waals surface area contributed by atoms with Gasteiger partial charge >= 0.3 is 12.1 Å². The summed E-state index contributed by atoms with van der Waals surface area (Å²) in [5.74, 6) is 0.430. The Bertz CT molecular complexity index is 1450. The molecule has 0 heterocycles. The van der Waals surface area contributed by atoms with Gasteiger partial charge in [0.15, 0.2) is 6.10 Å². The molecule has 2 aromatic carbocycles. The third-order valence-electron chi connectivity index (χ3n) is 10.5. The number of aliphatic hydroxyl groups excluding tert-OH is 1. The molecule has 2 saturated carbocycles. The number of esters is 1. The topological polar surface area (TPSA) is 96.3 Å². The summed E-state index contributed by atoms with van der Waals surface area (Å²) in [6.07, 6.45) is 3.07. The molecule has 0 aromatic heterocycles. The molecule has 1 amide bonds. The van der Waals surface area contributed by atoms with Gasteiger partial charge in [0, 0.05) is 23.2 Å². The third-order valence-corrected chi connectivity index (χ3v) is 10.8. The monoisotopic (exact) mass is 591 g/mol. The Morgan fingerprint density at radius 2 is 1.79 bits per heavy atom. The molecular weight excluding hydrogens is 554 g/mol. The van der Waals surface area contributed by atoms with Crippen LogP contribution < -0.4 is 4.90 Å². The van der Waals surface area contributed by atoms with E-state index in [1.165, 1.54) is 4.90 Å². The van der Waals surface area contributed by atoms with Crippen molar-refractivity contribution < 1.29 is 29.3 Å². The molecule has 4 unspecified atom stereocenters. The first-order valence-electron chi connectivity index (χ1n) is 14.6. The number of anilines is 1. The van der Waals surface area contributed by atoms with Gasteiger partial charge in [-0.3, -0.25) is 4.90 Å². The minimum Gasteiger partial charge on any atom is -0.457 e. The van der Waals surface area contributed by atoms with Crippen LogP contribution in [0.3, 0.4) is 0 Å². The molecule has 42 heavy (non-hydrogen) atoms. The van der Waals surface area contributed by atoms with E-state index in [0.717, 1.165) is 6.42 Å². The Labute approximate surface area is 251 Å². The number of hydrogen-bond donors (Lipinski definition) is 2. The van der Waals surface area contributed by atoms with Crippen molar-refractivity contribution >= 4 is 29.4 Å². The number of aliphatic hydroxyl groups is 2. The zero-order valence-corrected chi connectivity index (χ0v) is 25.2. The van der Waals surface area contributed by atoms with Crippen molar-refractivity contribution in [3.8, 4) is 0 Å². The summed E-state index contributed by atoms with van der Waals surface area (Å²) in [4.78, 5) is 27.6. The van der Waals surface area contributed by atoms with Gasteiger partial charge in [-0.05, 0) is 96.9 Å². The molecule has 8 heteroatoms. The van der Waals surface area contributed by atoms with Crippen molar-refractivity contribution in [3.63, 3.8) is 0 Å². The first-order chi connectivity index (χ1) is 19.9. The second kappa shape index (κ2) is 10.2. The van der Waals surface area contributed by atoms with E-state index in [1.54, 1.807) is 55.6 Å². The largest absolute Gasteiger partial charge is 0.457 e. The number of halogens is 1. The Morgan fingerprint density at radius 1 is 1.10 bits per heavy atom. The van der Waals surface area contributed by atoms with Crippen molar-refractivity contribution in [2.75, 3.05) is 18.6 Å². The highest BCUT2D eigenvalue weighted by Gasteiger charge is 2.71. The number of amides is 1. The van der Waals surface area contributed by atoms with Crippen LogP contribution in [-0.4, -0.2) is 53.7 Å². The van der Waals surface area contributed by atoms with Crippen LogP contribution in [-0.2, 0) is 9.47 Å². The fraction of sp³-hybridized carbons (Fsp3) is 0.471. The van der Waals surface area contributed by atoms with E-state index in [-0.39, 0.29) is 17.9 Å². The van der Waals surface area contributed by atoms with E-state index in [0.29, 0.717) is 52.1 Å². The molecular formula is C34H38ClNO6. The average Bonchev–Trinajstić information content (AvgIpc) is 3.54. The molecule has 0 aliphatic heterocycles. The van der Waals surface area contributed by atoms with Gasteiger partial charge in [-0.25, -0.2) is 9.59 Å². The second-order valence-electron chi connectivity index (χ2n) is 13.1. The molecule has 4 aliphatic carbocycles. The van der Waals surface area contributed by atoms with Gasteiger partial charge in [-0.1, -0.05) is 55.8 Å². The van der Waals surface area contributed by atoms with Crippen molar-refractivity contribution in [1.29, 1.82) is 0 Å². The molecule has 2 bridgehead atoms. The quantitative estimate of drug-likeness (QED) is 0.318. The number of fused-ring (bicyclic) bond motifs is 3. The molecule has 222 valence electrons. The van der Waals surface area contributed by atoms with Crippen LogP contribution >= 0.6 is 11.6 Å². The minimum absolute atomic E-state index is 0.0665. The summed E-state index contributed by atoms with van der Waals surface area (Å²) in [6, 6.07) is 15.5. The highest BCUT2D eigenvalue weighted by atomic mass is 35.5. The molecule has 2 aromatic rings. The summed E-state index contributed by atoms with van der Waals surface area (Å²) < 4.78 is 11.8. The number of allylic oxidation sites excluding steroid dienone is 1. The van der Waals surface area contributed by atoms with Gasteiger partial charge in [0.05, 0.1) is 5.56 Å². The Hall–Kier alpha value is -3.13. The van der Waals surface area contributed by atoms with Crippen LogP contribution in [0.25, 0.3) is 0 Å². The van der Waals surface area contributed by atoms with Crippen LogP contribution in [0.1, 0.15) is 50.4 Å². The number of nitrogens with zero attached hydrogens (tertiary/aromatic N) is 1. The number of rotatable bonds is 5. The maximum atomic E-state index is 13.4. The van der Waals surface area contributed by atoms with E-state index in [4.69, 9.17) is 21.1 Å². The molecule has 2 N–H and O–H groups in total. The van der Waals surface area contributed by atoms with E-state index < -0.39 is 35.3 Å². The van der Waals surface area contributed by atoms with Gasteiger partial charge in [0.1, 0.15) is 18.3 Å². The highest BCUT2D eigenvalue weighted by Crippen LogP contribution is 2.71. The minimum atomic E-state index is -1.84. The molecule has 4 aliphatic rings. The number of benzene rings is 2. The van der Waals surface area contributed by atoms with E-state index in [9.17, 15) is 19.8 Å². The van der Waals surface area contributed by atoms with Crippen LogP contribution in [0.15, 0.2) is 77.9 Å². The van der Waals surface area contributed by atoms with Gasteiger partial charge in [-0.15, -0.1) is 0 Å². The summed E-state index contributed by atoms with van der Waals surface area (Å²) >= 11 is 6.03. The van der Waals surface area contributed by atoms with Crippen molar-refractivity contribution in [2.24, 2.45) is 28.6 Å². The lowest BCUT2D eigenvalue weighted by Gasteiger charge is -2.47. The fourth-order valence-electron chi connectivity index (χ4n) is 8.27. The lowest BCUT2D eigenvalue weighted by Crippen LogP contribution is -2.61. The van der Waals surface area contributed by atoms with Crippen LogP contribution in [0.4, 0.5) is 10.5 Å². The average molecular weight is 592 g/mol. The smallest absolute Gasteiger partial charge is 0.414 e. The molecule has 6 rings (SSSR count). The molecule has 7 nitrogen and oxygen atoms in total. The number of hydrogen-bond acceptors (Lipinski definition) is 6. The van der Waals surface area contributed by atoms with Crippen molar-refractivity contribution in [2.45, 2.75) is 57.8 Å². The van der Waals surface area contributed by atoms with Crippen LogP contribution in [0, 0.1) is 28.6 Å². The Morgan fingerprint density at radius 3 is 2.48 bits per heavy atom. The van der Waals surface area contributed by atoms with Gasteiger partial charge < -0.3 is 19.7 Å². The molecule has 1 spiro atoms. The van der Waals surface area contributed by atoms with E-state index >= 15 is 0 Å². The third kappa shape index (κ3) is 4.48. The zero-order chi connectivity index (χ0) is 30.0. The zero-order valence-electron chi connectivity index (χ0n) is 24.4. The van der Waals surface area contributed by atoms with E-state index in [2.05, 4.69) is 13.8 Å². The maximum absolute atomic E-state index is 13.4.